The SMILES string of the molecule is C=C1N(C)c2cc3ccccc3nc2N1C. The van der Waals surface area contributed by atoms with Gasteiger partial charge in [-0.25, -0.2) is 4.98 Å². The molecule has 1 aromatic heterocycles. The van der Waals surface area contributed by atoms with Crippen LogP contribution in [0.15, 0.2) is 42.7 Å². The van der Waals surface area contributed by atoms with Gasteiger partial charge in [0.1, 0.15) is 5.82 Å². The Morgan fingerprint density at radius 3 is 2.69 bits per heavy atom. The van der Waals surface area contributed by atoms with Crippen LogP contribution in [0.1, 0.15) is 0 Å². The van der Waals surface area contributed by atoms with Crippen molar-refractivity contribution in [1.82, 2.24) is 4.98 Å². The van der Waals surface area contributed by atoms with Crippen molar-refractivity contribution in [1.29, 1.82) is 0 Å². The lowest BCUT2D eigenvalue weighted by atomic mass is 10.2. The summed E-state index contributed by atoms with van der Waals surface area (Å²) in [6, 6.07) is 10.3. The van der Waals surface area contributed by atoms with Crippen molar-refractivity contribution in [2.75, 3.05) is 23.9 Å². The summed E-state index contributed by atoms with van der Waals surface area (Å²) in [5.74, 6) is 1.93. The van der Waals surface area contributed by atoms with Gasteiger partial charge in [-0.2, -0.15) is 0 Å². The molecule has 0 atom stereocenters. The lowest BCUT2D eigenvalue weighted by Crippen LogP contribution is -2.20. The molecule has 1 aliphatic heterocycles. The maximum atomic E-state index is 4.66. The second-order valence-electron chi connectivity index (χ2n) is 4.06. The zero-order valence-electron chi connectivity index (χ0n) is 9.44. The average Bonchev–Trinajstić information content (AvgIpc) is 2.52. The number of fused-ring (bicyclic) bond motifs is 2. The Labute approximate surface area is 94.6 Å². The maximum Gasteiger partial charge on any atom is 0.158 e. The third-order valence-electron chi connectivity index (χ3n) is 3.14. The largest absolute Gasteiger partial charge is 0.328 e. The number of aromatic nitrogens is 1. The Hall–Kier alpha value is -2.03. The highest BCUT2D eigenvalue weighted by molar-refractivity contribution is 5.90. The quantitative estimate of drug-likeness (QED) is 0.667. The maximum absolute atomic E-state index is 4.66. The molecule has 0 unspecified atom stereocenters. The molecule has 0 N–H and O–H groups in total. The Morgan fingerprint density at radius 1 is 1.12 bits per heavy atom. The van der Waals surface area contributed by atoms with E-state index in [0.29, 0.717) is 0 Å². The minimum Gasteiger partial charge on any atom is -0.328 e. The highest BCUT2D eigenvalue weighted by atomic mass is 15.4. The lowest BCUT2D eigenvalue weighted by molar-refractivity contribution is 1.05. The topological polar surface area (TPSA) is 19.4 Å². The van der Waals surface area contributed by atoms with Crippen LogP contribution in [0, 0.1) is 0 Å². The summed E-state index contributed by atoms with van der Waals surface area (Å²) in [6.45, 7) is 4.03. The monoisotopic (exact) mass is 211 g/mol. The molecule has 2 heterocycles. The molecule has 0 amide bonds. The Morgan fingerprint density at radius 2 is 1.88 bits per heavy atom. The van der Waals surface area contributed by atoms with Gasteiger partial charge in [0, 0.05) is 19.5 Å². The molecule has 0 aliphatic carbocycles. The van der Waals surface area contributed by atoms with E-state index in [-0.39, 0.29) is 0 Å². The lowest BCUT2D eigenvalue weighted by Gasteiger charge is -2.15. The van der Waals surface area contributed by atoms with Crippen molar-refractivity contribution in [2.45, 2.75) is 0 Å². The molecule has 3 heteroatoms. The number of para-hydroxylation sites is 1. The predicted molar refractivity (Wildman–Crippen MR) is 67.7 cm³/mol. The Balaban J connectivity index is 2.33. The fourth-order valence-electron chi connectivity index (χ4n) is 2.07. The van der Waals surface area contributed by atoms with Gasteiger partial charge in [0.2, 0.25) is 0 Å². The fourth-order valence-corrected chi connectivity index (χ4v) is 2.07. The second kappa shape index (κ2) is 2.98. The normalized spacial score (nSPS) is 14.8. The van der Waals surface area contributed by atoms with Crippen LogP contribution in [0.4, 0.5) is 11.5 Å². The van der Waals surface area contributed by atoms with Gasteiger partial charge in [-0.1, -0.05) is 24.8 Å². The summed E-state index contributed by atoms with van der Waals surface area (Å²) in [5, 5.41) is 1.16. The van der Waals surface area contributed by atoms with Crippen molar-refractivity contribution in [3.63, 3.8) is 0 Å². The smallest absolute Gasteiger partial charge is 0.158 e. The Bertz CT molecular complexity index is 538. The van der Waals surface area contributed by atoms with Crippen molar-refractivity contribution in [3.05, 3.63) is 42.7 Å². The zero-order chi connectivity index (χ0) is 11.3. The van der Waals surface area contributed by atoms with Crippen LogP contribution in [0.25, 0.3) is 10.9 Å². The van der Waals surface area contributed by atoms with E-state index in [1.807, 2.05) is 37.2 Å². The Kier molecular flexibility index (Phi) is 1.72. The standard InChI is InChI=1S/C13H13N3/c1-9-15(2)12-8-10-6-4-5-7-11(10)14-13(12)16(9)3/h4-8H,1H2,2-3H3. The van der Waals surface area contributed by atoms with Gasteiger partial charge in [0.25, 0.3) is 0 Å². The number of rotatable bonds is 0. The first-order valence-electron chi connectivity index (χ1n) is 5.24. The molecule has 0 fully saturated rings. The zero-order valence-corrected chi connectivity index (χ0v) is 9.44. The highest BCUT2D eigenvalue weighted by Crippen LogP contribution is 2.38. The van der Waals surface area contributed by atoms with Gasteiger partial charge in [-0.05, 0) is 12.1 Å². The molecule has 3 rings (SSSR count). The third-order valence-corrected chi connectivity index (χ3v) is 3.14. The molecule has 1 aromatic carbocycles. The summed E-state index contributed by atoms with van der Waals surface area (Å²) < 4.78 is 0. The van der Waals surface area contributed by atoms with E-state index in [0.717, 1.165) is 28.2 Å². The highest BCUT2D eigenvalue weighted by Gasteiger charge is 2.26. The van der Waals surface area contributed by atoms with E-state index < -0.39 is 0 Å². The minimum atomic E-state index is 0.956. The van der Waals surface area contributed by atoms with E-state index in [4.69, 9.17) is 0 Å². The van der Waals surface area contributed by atoms with E-state index >= 15 is 0 Å². The molecule has 3 nitrogen and oxygen atoms in total. The van der Waals surface area contributed by atoms with E-state index in [1.54, 1.807) is 0 Å². The van der Waals surface area contributed by atoms with Crippen LogP contribution in [-0.4, -0.2) is 19.1 Å². The molecule has 0 spiro atoms. The van der Waals surface area contributed by atoms with Crippen molar-refractivity contribution in [3.8, 4) is 0 Å². The van der Waals surface area contributed by atoms with E-state index in [9.17, 15) is 0 Å². The van der Waals surface area contributed by atoms with Gasteiger partial charge in [0.15, 0.2) is 5.82 Å². The number of pyridine rings is 1. The van der Waals surface area contributed by atoms with Gasteiger partial charge in [-0.3, -0.25) is 0 Å². The molecule has 80 valence electrons. The van der Waals surface area contributed by atoms with Gasteiger partial charge in [-0.15, -0.1) is 0 Å². The van der Waals surface area contributed by atoms with Crippen molar-refractivity contribution < 1.29 is 0 Å². The first kappa shape index (κ1) is 9.21. The number of hydrogen-bond donors (Lipinski definition) is 0. The summed E-state index contributed by atoms with van der Waals surface area (Å²) in [5.41, 5.74) is 2.14. The first-order valence-corrected chi connectivity index (χ1v) is 5.24. The van der Waals surface area contributed by atoms with Crippen LogP contribution < -0.4 is 9.80 Å². The summed E-state index contributed by atoms with van der Waals surface area (Å²) in [7, 11) is 4.01. The average molecular weight is 211 g/mol. The fraction of sp³-hybridized carbons (Fsp3) is 0.154. The summed E-state index contributed by atoms with van der Waals surface area (Å²) >= 11 is 0. The van der Waals surface area contributed by atoms with Crippen LogP contribution in [0.3, 0.4) is 0 Å². The first-order chi connectivity index (χ1) is 7.68. The second-order valence-corrected chi connectivity index (χ2v) is 4.06. The molecular formula is C13H13N3. The molecule has 2 aromatic rings. The summed E-state index contributed by atoms with van der Waals surface area (Å²) in [4.78, 5) is 8.74. The molecule has 16 heavy (non-hydrogen) atoms. The van der Waals surface area contributed by atoms with Crippen LogP contribution in [0.2, 0.25) is 0 Å². The van der Waals surface area contributed by atoms with Crippen molar-refractivity contribution >= 4 is 22.4 Å². The predicted octanol–water partition coefficient (Wildman–Crippen LogP) is 2.59. The van der Waals surface area contributed by atoms with Crippen LogP contribution in [0.5, 0.6) is 0 Å². The van der Waals surface area contributed by atoms with Gasteiger partial charge < -0.3 is 9.80 Å². The number of hydrogen-bond acceptors (Lipinski definition) is 3. The number of benzene rings is 1. The van der Waals surface area contributed by atoms with Gasteiger partial charge in [0.05, 0.1) is 11.2 Å². The van der Waals surface area contributed by atoms with E-state index in [2.05, 4.69) is 28.6 Å². The minimum absolute atomic E-state index is 0.956. The molecule has 0 saturated heterocycles. The molecule has 0 radical (unpaired) electrons. The molecule has 0 bridgehead atoms. The van der Waals surface area contributed by atoms with E-state index in [1.165, 1.54) is 0 Å². The number of anilines is 2. The molecular weight excluding hydrogens is 198 g/mol. The third kappa shape index (κ3) is 1.05. The molecule has 1 aliphatic rings. The van der Waals surface area contributed by atoms with Crippen LogP contribution in [-0.2, 0) is 0 Å². The van der Waals surface area contributed by atoms with Gasteiger partial charge >= 0.3 is 0 Å². The molecule has 0 saturated carbocycles. The number of nitrogens with zero attached hydrogens (tertiary/aromatic N) is 3. The summed E-state index contributed by atoms with van der Waals surface area (Å²) in [6.07, 6.45) is 0. The van der Waals surface area contributed by atoms with Crippen LogP contribution >= 0.6 is 0 Å². The van der Waals surface area contributed by atoms with Crippen molar-refractivity contribution in [2.24, 2.45) is 0 Å².